The molecule has 0 aliphatic rings. The third kappa shape index (κ3) is 3.77. The fraction of sp³-hybridized carbons (Fsp3) is 0.333. The number of rotatable bonds is 4. The Labute approximate surface area is 143 Å². The first-order valence-electron chi connectivity index (χ1n) is 6.58. The summed E-state index contributed by atoms with van der Waals surface area (Å²) in [5, 5.41) is 0.608. The molecule has 4 nitrogen and oxygen atoms in total. The van der Waals surface area contributed by atoms with E-state index in [1.807, 2.05) is 6.07 Å². The van der Waals surface area contributed by atoms with Crippen LogP contribution in [-0.2, 0) is 6.42 Å². The van der Waals surface area contributed by atoms with E-state index in [2.05, 4.69) is 46.4 Å². The summed E-state index contributed by atoms with van der Waals surface area (Å²) < 4.78 is 6.28. The quantitative estimate of drug-likeness (QED) is 0.758. The fourth-order valence-corrected chi connectivity index (χ4v) is 2.63. The number of ether oxygens (including phenoxy) is 1. The number of hydrogen-bond acceptors (Lipinski definition) is 4. The number of hydrogen-bond donors (Lipinski definition) is 1. The van der Waals surface area contributed by atoms with E-state index in [1.54, 1.807) is 19.2 Å². The van der Waals surface area contributed by atoms with Gasteiger partial charge in [-0.3, -0.25) is 0 Å². The molecule has 112 valence electrons. The van der Waals surface area contributed by atoms with Crippen molar-refractivity contribution in [2.45, 2.75) is 20.3 Å². The van der Waals surface area contributed by atoms with Crippen molar-refractivity contribution in [1.29, 1.82) is 0 Å². The number of aromatic nitrogens is 2. The van der Waals surface area contributed by atoms with E-state index in [0.29, 0.717) is 28.3 Å². The lowest BCUT2D eigenvalue weighted by atomic mass is 10.1. The highest BCUT2D eigenvalue weighted by molar-refractivity contribution is 14.1. The minimum atomic E-state index is 0.493. The maximum absolute atomic E-state index is 6.03. The second-order valence-electron chi connectivity index (χ2n) is 5.14. The zero-order chi connectivity index (χ0) is 15.6. The van der Waals surface area contributed by atoms with Crippen LogP contribution in [-0.4, -0.2) is 17.1 Å². The number of methoxy groups -OCH3 is 1. The molecule has 0 bridgehead atoms. The summed E-state index contributed by atoms with van der Waals surface area (Å²) in [6, 6.07) is 5.39. The average Bonchev–Trinajstić information content (AvgIpc) is 2.43. The Balaban J connectivity index is 2.56. The summed E-state index contributed by atoms with van der Waals surface area (Å²) in [5.41, 5.74) is 7.78. The summed E-state index contributed by atoms with van der Waals surface area (Å²) in [6.45, 7) is 4.30. The summed E-state index contributed by atoms with van der Waals surface area (Å²) >= 11 is 8.19. The molecular formula is C15H17ClIN3O. The highest BCUT2D eigenvalue weighted by Crippen LogP contribution is 2.32. The average molecular weight is 418 g/mol. The number of nitrogens with two attached hydrogens (primary N) is 1. The smallest absolute Gasteiger partial charge is 0.165 e. The van der Waals surface area contributed by atoms with Crippen molar-refractivity contribution in [1.82, 2.24) is 9.97 Å². The van der Waals surface area contributed by atoms with Gasteiger partial charge in [0.15, 0.2) is 5.82 Å². The Morgan fingerprint density at radius 2 is 2.05 bits per heavy atom. The molecule has 0 unspecified atom stereocenters. The van der Waals surface area contributed by atoms with Crippen molar-refractivity contribution in [3.63, 3.8) is 0 Å². The van der Waals surface area contributed by atoms with E-state index in [-0.39, 0.29) is 0 Å². The molecule has 0 aliphatic carbocycles. The van der Waals surface area contributed by atoms with Crippen LogP contribution in [0.3, 0.4) is 0 Å². The molecule has 0 saturated carbocycles. The van der Waals surface area contributed by atoms with Gasteiger partial charge in [-0.1, -0.05) is 25.4 Å². The normalized spacial score (nSPS) is 11.0. The number of anilines is 1. The van der Waals surface area contributed by atoms with Crippen LogP contribution in [0, 0.1) is 9.49 Å². The molecule has 21 heavy (non-hydrogen) atoms. The molecule has 0 saturated heterocycles. The topological polar surface area (TPSA) is 61.0 Å². The zero-order valence-electron chi connectivity index (χ0n) is 12.2. The first-order chi connectivity index (χ1) is 9.92. The maximum Gasteiger partial charge on any atom is 0.165 e. The molecule has 2 aromatic rings. The van der Waals surface area contributed by atoms with Crippen LogP contribution < -0.4 is 10.5 Å². The van der Waals surface area contributed by atoms with Gasteiger partial charge >= 0.3 is 0 Å². The van der Waals surface area contributed by atoms with Crippen LogP contribution in [0.25, 0.3) is 11.4 Å². The second kappa shape index (κ2) is 6.79. The third-order valence-corrected chi connectivity index (χ3v) is 4.36. The Bertz CT molecular complexity index is 662. The first-order valence-corrected chi connectivity index (χ1v) is 8.03. The van der Waals surface area contributed by atoms with Crippen molar-refractivity contribution in [3.8, 4) is 17.1 Å². The van der Waals surface area contributed by atoms with Crippen molar-refractivity contribution in [3.05, 3.63) is 32.5 Å². The van der Waals surface area contributed by atoms with Crippen molar-refractivity contribution < 1.29 is 4.74 Å². The van der Waals surface area contributed by atoms with Crippen molar-refractivity contribution in [2.24, 2.45) is 5.92 Å². The Morgan fingerprint density at radius 1 is 1.33 bits per heavy atom. The van der Waals surface area contributed by atoms with Gasteiger partial charge in [-0.2, -0.15) is 0 Å². The Morgan fingerprint density at radius 3 is 2.67 bits per heavy atom. The monoisotopic (exact) mass is 417 g/mol. The lowest BCUT2D eigenvalue weighted by Gasteiger charge is -2.13. The standard InChI is InChI=1S/C15H17ClIN3O/c1-8(2)6-11-13(17)14(18)20-15(19-11)10-5-4-9(16)7-12(10)21-3/h4-5,7-8H,6H2,1-3H3,(H2,18,19,20). The zero-order valence-corrected chi connectivity index (χ0v) is 15.1. The van der Waals surface area contributed by atoms with Crippen molar-refractivity contribution in [2.75, 3.05) is 12.8 Å². The van der Waals surface area contributed by atoms with E-state index >= 15 is 0 Å². The summed E-state index contributed by atoms with van der Waals surface area (Å²) in [7, 11) is 1.60. The number of benzene rings is 1. The molecule has 0 fully saturated rings. The van der Waals surface area contributed by atoms with Crippen LogP contribution in [0.4, 0.5) is 5.82 Å². The summed E-state index contributed by atoms with van der Waals surface area (Å²) in [4.78, 5) is 9.05. The molecule has 1 aromatic heterocycles. The van der Waals surface area contributed by atoms with E-state index in [9.17, 15) is 0 Å². The predicted octanol–water partition coefficient (Wildman–Crippen LogP) is 4.19. The van der Waals surface area contributed by atoms with Crippen LogP contribution >= 0.6 is 34.2 Å². The van der Waals surface area contributed by atoms with Crippen LogP contribution in [0.2, 0.25) is 5.02 Å². The first kappa shape index (κ1) is 16.3. The Hall–Kier alpha value is -1.08. The van der Waals surface area contributed by atoms with Gasteiger partial charge in [0.05, 0.1) is 21.9 Å². The third-order valence-electron chi connectivity index (χ3n) is 2.95. The predicted molar refractivity (Wildman–Crippen MR) is 94.7 cm³/mol. The Kier molecular flexibility index (Phi) is 5.27. The minimum absolute atomic E-state index is 0.493. The van der Waals surface area contributed by atoms with Crippen LogP contribution in [0.5, 0.6) is 5.75 Å². The fourth-order valence-electron chi connectivity index (χ4n) is 2.01. The van der Waals surface area contributed by atoms with Gasteiger partial charge in [-0.15, -0.1) is 0 Å². The van der Waals surface area contributed by atoms with E-state index < -0.39 is 0 Å². The maximum atomic E-state index is 6.03. The minimum Gasteiger partial charge on any atom is -0.496 e. The lowest BCUT2D eigenvalue weighted by molar-refractivity contribution is 0.416. The number of halogens is 2. The SMILES string of the molecule is COc1cc(Cl)ccc1-c1nc(N)c(I)c(CC(C)C)n1. The van der Waals surface area contributed by atoms with Gasteiger partial charge in [0.1, 0.15) is 11.6 Å². The molecule has 0 aliphatic heterocycles. The van der Waals surface area contributed by atoms with Crippen LogP contribution in [0.1, 0.15) is 19.5 Å². The molecule has 0 radical (unpaired) electrons. The molecule has 0 spiro atoms. The molecule has 2 rings (SSSR count). The van der Waals surface area contributed by atoms with Crippen LogP contribution in [0.15, 0.2) is 18.2 Å². The highest BCUT2D eigenvalue weighted by atomic mass is 127. The van der Waals surface area contributed by atoms with Gasteiger partial charge in [0.25, 0.3) is 0 Å². The number of nitrogen functional groups attached to an aromatic ring is 1. The molecule has 0 amide bonds. The molecule has 6 heteroatoms. The largest absolute Gasteiger partial charge is 0.496 e. The molecule has 2 N–H and O–H groups in total. The highest BCUT2D eigenvalue weighted by Gasteiger charge is 2.15. The van der Waals surface area contributed by atoms with Gasteiger partial charge in [0.2, 0.25) is 0 Å². The molecule has 1 heterocycles. The van der Waals surface area contributed by atoms with Gasteiger partial charge < -0.3 is 10.5 Å². The van der Waals surface area contributed by atoms with Crippen molar-refractivity contribution >= 4 is 40.0 Å². The van der Waals surface area contributed by atoms with E-state index in [1.165, 1.54) is 0 Å². The second-order valence-corrected chi connectivity index (χ2v) is 6.65. The van der Waals surface area contributed by atoms with Gasteiger partial charge in [-0.05, 0) is 53.1 Å². The van der Waals surface area contributed by atoms with E-state index in [0.717, 1.165) is 21.2 Å². The summed E-state index contributed by atoms with van der Waals surface area (Å²) in [5.74, 6) is 2.19. The van der Waals surface area contributed by atoms with E-state index in [4.69, 9.17) is 22.1 Å². The van der Waals surface area contributed by atoms with Gasteiger partial charge in [0, 0.05) is 5.02 Å². The molecule has 1 aromatic carbocycles. The number of nitrogens with zero attached hydrogens (tertiary/aromatic N) is 2. The lowest BCUT2D eigenvalue weighted by Crippen LogP contribution is -2.08. The van der Waals surface area contributed by atoms with Gasteiger partial charge in [-0.25, -0.2) is 9.97 Å². The molecular weight excluding hydrogens is 401 g/mol. The summed E-state index contributed by atoms with van der Waals surface area (Å²) in [6.07, 6.45) is 0.855. The molecule has 0 atom stereocenters.